The molecule has 0 unspecified atom stereocenters. The number of nitrogens with two attached hydrogens (primary N) is 1. The zero-order chi connectivity index (χ0) is 19.7. The van der Waals surface area contributed by atoms with Crippen molar-refractivity contribution in [2.75, 3.05) is 32.7 Å². The molecule has 0 bridgehead atoms. The van der Waals surface area contributed by atoms with Gasteiger partial charge in [-0.2, -0.15) is 0 Å². The van der Waals surface area contributed by atoms with Crippen molar-refractivity contribution in [2.45, 2.75) is 44.6 Å². The molecule has 6 nitrogen and oxygen atoms in total. The van der Waals surface area contributed by atoms with Gasteiger partial charge in [-0.15, -0.1) is 0 Å². The van der Waals surface area contributed by atoms with Crippen molar-refractivity contribution in [2.24, 2.45) is 10.7 Å². The van der Waals surface area contributed by atoms with E-state index in [4.69, 9.17) is 10.5 Å². The quantitative estimate of drug-likeness (QED) is 0.650. The first-order chi connectivity index (χ1) is 12.7. The Morgan fingerprint density at radius 3 is 2.41 bits per heavy atom. The molecule has 0 spiro atoms. The highest BCUT2D eigenvalue weighted by Crippen LogP contribution is 2.48. The van der Waals surface area contributed by atoms with Crippen molar-refractivity contribution in [1.82, 2.24) is 9.80 Å². The van der Waals surface area contributed by atoms with Crippen molar-refractivity contribution < 1.29 is 13.9 Å². The van der Waals surface area contributed by atoms with E-state index < -0.39 is 5.60 Å². The van der Waals surface area contributed by atoms with Crippen LogP contribution in [0.4, 0.5) is 9.18 Å². The summed E-state index contributed by atoms with van der Waals surface area (Å²) in [6.07, 6.45) is 1.71. The number of amides is 1. The number of carbonyl (C=O) groups excluding carboxylic acids is 1. The van der Waals surface area contributed by atoms with Gasteiger partial charge in [-0.3, -0.25) is 4.99 Å². The monoisotopic (exact) mass is 376 g/mol. The molecule has 1 aliphatic carbocycles. The van der Waals surface area contributed by atoms with Crippen LogP contribution < -0.4 is 5.73 Å². The maximum atomic E-state index is 13.5. The molecular formula is C20H29FN4O2. The highest BCUT2D eigenvalue weighted by atomic mass is 19.1. The lowest BCUT2D eigenvalue weighted by atomic mass is 9.96. The summed E-state index contributed by atoms with van der Waals surface area (Å²) in [5.74, 6) is 0.274. The van der Waals surface area contributed by atoms with Crippen molar-refractivity contribution >= 4 is 12.1 Å². The summed E-state index contributed by atoms with van der Waals surface area (Å²) in [5, 5.41) is 0. The van der Waals surface area contributed by atoms with Crippen LogP contribution in [0, 0.1) is 5.82 Å². The minimum Gasteiger partial charge on any atom is -0.444 e. The molecule has 0 aromatic heterocycles. The fraction of sp³-hybridized carbons (Fsp3) is 0.600. The van der Waals surface area contributed by atoms with Crippen LogP contribution in [0.5, 0.6) is 0 Å². The first kappa shape index (κ1) is 19.5. The third-order valence-corrected chi connectivity index (χ3v) is 5.09. The third-order valence-electron chi connectivity index (χ3n) is 5.09. The lowest BCUT2D eigenvalue weighted by molar-refractivity contribution is 0.0186. The van der Waals surface area contributed by atoms with Gasteiger partial charge in [-0.25, -0.2) is 9.18 Å². The average molecular weight is 376 g/mol. The second-order valence-corrected chi connectivity index (χ2v) is 8.42. The van der Waals surface area contributed by atoms with Crippen molar-refractivity contribution in [3.63, 3.8) is 0 Å². The molecule has 0 atom stereocenters. The number of ether oxygens (including phenoxy) is 1. The Hall–Kier alpha value is -2.31. The van der Waals surface area contributed by atoms with Gasteiger partial charge >= 0.3 is 6.09 Å². The number of carbonyl (C=O) groups is 1. The molecular weight excluding hydrogens is 347 g/mol. The predicted molar refractivity (Wildman–Crippen MR) is 103 cm³/mol. The number of rotatable bonds is 3. The number of guanidine groups is 1. The number of halogens is 1. The van der Waals surface area contributed by atoms with Crippen LogP contribution in [0.3, 0.4) is 0 Å². The van der Waals surface area contributed by atoms with Crippen LogP contribution in [0.1, 0.15) is 39.2 Å². The largest absolute Gasteiger partial charge is 0.444 e. The summed E-state index contributed by atoms with van der Waals surface area (Å²) in [6.45, 7) is 8.51. The first-order valence-corrected chi connectivity index (χ1v) is 9.47. The molecule has 3 rings (SSSR count). The molecule has 1 saturated carbocycles. The van der Waals surface area contributed by atoms with Gasteiger partial charge in [0.1, 0.15) is 11.4 Å². The van der Waals surface area contributed by atoms with E-state index >= 15 is 0 Å². The van der Waals surface area contributed by atoms with Gasteiger partial charge in [0.2, 0.25) is 0 Å². The third kappa shape index (κ3) is 4.90. The van der Waals surface area contributed by atoms with Crippen LogP contribution in [-0.2, 0) is 10.2 Å². The van der Waals surface area contributed by atoms with Crippen molar-refractivity contribution in [3.05, 3.63) is 35.6 Å². The molecule has 1 heterocycles. The van der Waals surface area contributed by atoms with Gasteiger partial charge in [0, 0.05) is 31.6 Å². The van der Waals surface area contributed by atoms with E-state index in [0.29, 0.717) is 38.7 Å². The lowest BCUT2D eigenvalue weighted by Crippen LogP contribution is -2.53. The Morgan fingerprint density at radius 1 is 1.22 bits per heavy atom. The molecule has 1 aromatic carbocycles. The summed E-state index contributed by atoms with van der Waals surface area (Å²) in [6, 6.07) is 6.76. The molecule has 1 saturated heterocycles. The normalized spacial score (nSPS) is 19.8. The van der Waals surface area contributed by atoms with Gasteiger partial charge in [-0.05, 0) is 51.3 Å². The van der Waals surface area contributed by atoms with Crippen LogP contribution in [0.15, 0.2) is 29.3 Å². The lowest BCUT2D eigenvalue weighted by Gasteiger charge is -2.36. The fourth-order valence-electron chi connectivity index (χ4n) is 3.28. The second kappa shape index (κ2) is 7.37. The van der Waals surface area contributed by atoms with E-state index in [0.717, 1.165) is 18.4 Å². The summed E-state index contributed by atoms with van der Waals surface area (Å²) in [4.78, 5) is 20.4. The maximum Gasteiger partial charge on any atom is 0.410 e. The number of hydrogen-bond acceptors (Lipinski definition) is 3. The molecule has 1 aliphatic heterocycles. The predicted octanol–water partition coefficient (Wildman–Crippen LogP) is 2.72. The molecule has 1 aromatic rings. The van der Waals surface area contributed by atoms with Crippen LogP contribution in [0.25, 0.3) is 0 Å². The Kier molecular flexibility index (Phi) is 5.31. The molecule has 148 valence electrons. The Bertz CT molecular complexity index is 717. The van der Waals surface area contributed by atoms with Crippen molar-refractivity contribution in [1.29, 1.82) is 0 Å². The second-order valence-electron chi connectivity index (χ2n) is 8.42. The zero-order valence-electron chi connectivity index (χ0n) is 16.4. The number of hydrogen-bond donors (Lipinski definition) is 1. The van der Waals surface area contributed by atoms with Crippen LogP contribution in [-0.4, -0.2) is 60.2 Å². The topological polar surface area (TPSA) is 71.2 Å². The number of benzene rings is 1. The SMILES string of the molecule is CC(C)(C)OC(=O)N1CCN(C(N)=NCC2(c3cccc(F)c3)CC2)CC1. The molecule has 2 aliphatic rings. The van der Waals surface area contributed by atoms with E-state index in [1.807, 2.05) is 31.7 Å². The zero-order valence-corrected chi connectivity index (χ0v) is 16.4. The van der Waals surface area contributed by atoms with Gasteiger partial charge in [0.25, 0.3) is 0 Å². The number of aliphatic imine (C=N–C) groups is 1. The molecule has 27 heavy (non-hydrogen) atoms. The number of nitrogens with zero attached hydrogens (tertiary/aromatic N) is 3. The Morgan fingerprint density at radius 2 is 1.85 bits per heavy atom. The molecule has 0 radical (unpaired) electrons. The maximum absolute atomic E-state index is 13.5. The van der Waals surface area contributed by atoms with E-state index in [-0.39, 0.29) is 17.3 Å². The molecule has 2 N–H and O–H groups in total. The van der Waals surface area contributed by atoms with Gasteiger partial charge in [0.15, 0.2) is 5.96 Å². The van der Waals surface area contributed by atoms with E-state index in [2.05, 4.69) is 4.99 Å². The first-order valence-electron chi connectivity index (χ1n) is 9.47. The smallest absolute Gasteiger partial charge is 0.410 e. The number of piperazine rings is 1. The summed E-state index contributed by atoms with van der Waals surface area (Å²) in [5.41, 5.74) is 6.60. The van der Waals surface area contributed by atoms with Gasteiger partial charge in [0.05, 0.1) is 6.54 Å². The van der Waals surface area contributed by atoms with Crippen molar-refractivity contribution in [3.8, 4) is 0 Å². The fourth-order valence-corrected chi connectivity index (χ4v) is 3.28. The Balaban J connectivity index is 1.54. The summed E-state index contributed by atoms with van der Waals surface area (Å²) < 4.78 is 18.9. The summed E-state index contributed by atoms with van der Waals surface area (Å²) in [7, 11) is 0. The van der Waals surface area contributed by atoms with Gasteiger partial charge < -0.3 is 20.3 Å². The van der Waals surface area contributed by atoms with Crippen LogP contribution in [0.2, 0.25) is 0 Å². The minimum absolute atomic E-state index is 0.0783. The Labute approximate surface area is 160 Å². The average Bonchev–Trinajstić information content (AvgIpc) is 3.40. The summed E-state index contributed by atoms with van der Waals surface area (Å²) >= 11 is 0. The van der Waals surface area contributed by atoms with Gasteiger partial charge in [-0.1, -0.05) is 12.1 Å². The standard InChI is InChI=1S/C20H29FN4O2/c1-19(2,3)27-18(26)25-11-9-24(10-12-25)17(22)23-14-20(7-8-20)15-5-4-6-16(21)13-15/h4-6,13H,7-12,14H2,1-3H3,(H2,22,23). The van der Waals surface area contributed by atoms with E-state index in [1.165, 1.54) is 6.07 Å². The highest BCUT2D eigenvalue weighted by Gasteiger charge is 2.44. The van der Waals surface area contributed by atoms with E-state index in [9.17, 15) is 9.18 Å². The molecule has 7 heteroatoms. The highest BCUT2D eigenvalue weighted by molar-refractivity contribution is 5.78. The minimum atomic E-state index is -0.496. The van der Waals surface area contributed by atoms with E-state index in [1.54, 1.807) is 17.0 Å². The molecule has 1 amide bonds. The molecule has 2 fully saturated rings. The van der Waals surface area contributed by atoms with Crippen LogP contribution >= 0.6 is 0 Å².